The van der Waals surface area contributed by atoms with Gasteiger partial charge in [0.15, 0.2) is 0 Å². The standard InChI is InChI=1S/C34H24N2O/c1-2-7-22-12-15-32-27(18-22)26-9-4-6-11-31(26)36(32)30-10-5-3-8-25(30)24-14-17-34-29(20-24)28-19-23(21-35)13-16-33(28)37-34/h3-6,8-20H,2,7H2,1H3. The molecule has 2 aromatic heterocycles. The molecule has 0 aliphatic carbocycles. The molecule has 0 saturated heterocycles. The zero-order chi connectivity index (χ0) is 24.9. The van der Waals surface area contributed by atoms with Crippen LogP contribution in [0.15, 0.2) is 108 Å². The molecule has 2 heterocycles. The minimum Gasteiger partial charge on any atom is -0.456 e. The Labute approximate surface area is 214 Å². The van der Waals surface area contributed by atoms with Gasteiger partial charge in [-0.3, -0.25) is 0 Å². The van der Waals surface area contributed by atoms with E-state index in [9.17, 15) is 5.26 Å². The predicted molar refractivity (Wildman–Crippen MR) is 152 cm³/mol. The van der Waals surface area contributed by atoms with Crippen LogP contribution < -0.4 is 0 Å². The van der Waals surface area contributed by atoms with Crippen LogP contribution in [0.1, 0.15) is 24.5 Å². The first-order valence-electron chi connectivity index (χ1n) is 12.7. The SMILES string of the molecule is CCCc1ccc2c(c1)c1ccccc1n2-c1ccccc1-c1ccc2oc3ccc(C#N)cc3c2c1. The van der Waals surface area contributed by atoms with Crippen LogP contribution >= 0.6 is 0 Å². The van der Waals surface area contributed by atoms with Crippen molar-refractivity contribution < 1.29 is 4.42 Å². The number of benzene rings is 5. The summed E-state index contributed by atoms with van der Waals surface area (Å²) < 4.78 is 8.47. The van der Waals surface area contributed by atoms with Crippen LogP contribution in [0.25, 0.3) is 60.6 Å². The maximum atomic E-state index is 9.42. The first-order valence-corrected chi connectivity index (χ1v) is 12.7. The van der Waals surface area contributed by atoms with Crippen LogP contribution in [-0.2, 0) is 6.42 Å². The number of hydrogen-bond acceptors (Lipinski definition) is 2. The molecular weight excluding hydrogens is 452 g/mol. The van der Waals surface area contributed by atoms with E-state index in [-0.39, 0.29) is 0 Å². The minimum atomic E-state index is 0.633. The smallest absolute Gasteiger partial charge is 0.135 e. The summed E-state index contributed by atoms with van der Waals surface area (Å²) in [5.74, 6) is 0. The fourth-order valence-electron chi connectivity index (χ4n) is 5.65. The highest BCUT2D eigenvalue weighted by Gasteiger charge is 2.17. The molecule has 7 rings (SSSR count). The van der Waals surface area contributed by atoms with Gasteiger partial charge >= 0.3 is 0 Å². The van der Waals surface area contributed by atoms with Gasteiger partial charge in [0.2, 0.25) is 0 Å². The van der Waals surface area contributed by atoms with Crippen molar-refractivity contribution >= 4 is 43.7 Å². The lowest BCUT2D eigenvalue weighted by atomic mass is 10.0. The van der Waals surface area contributed by atoms with Crippen molar-refractivity contribution in [2.24, 2.45) is 0 Å². The molecule has 0 radical (unpaired) electrons. The Hall–Kier alpha value is -4.81. The zero-order valence-corrected chi connectivity index (χ0v) is 20.5. The molecule has 0 bridgehead atoms. The third-order valence-corrected chi connectivity index (χ3v) is 7.33. The Morgan fingerprint density at radius 2 is 1.46 bits per heavy atom. The third-order valence-electron chi connectivity index (χ3n) is 7.33. The fraction of sp³-hybridized carbons (Fsp3) is 0.0882. The maximum Gasteiger partial charge on any atom is 0.135 e. The summed E-state index contributed by atoms with van der Waals surface area (Å²) in [6, 6.07) is 38.4. The number of hydrogen-bond donors (Lipinski definition) is 0. The summed E-state index contributed by atoms with van der Waals surface area (Å²) in [5.41, 5.74) is 9.44. The van der Waals surface area contributed by atoms with Gasteiger partial charge in [-0.25, -0.2) is 0 Å². The van der Waals surface area contributed by atoms with E-state index in [0.717, 1.165) is 51.6 Å². The molecule has 37 heavy (non-hydrogen) atoms. The number of aryl methyl sites for hydroxylation is 1. The lowest BCUT2D eigenvalue weighted by Gasteiger charge is -2.14. The summed E-state index contributed by atoms with van der Waals surface area (Å²) >= 11 is 0. The molecule has 0 amide bonds. The molecule has 0 fully saturated rings. The third kappa shape index (κ3) is 3.34. The lowest BCUT2D eigenvalue weighted by molar-refractivity contribution is 0.669. The molecule has 0 spiro atoms. The van der Waals surface area contributed by atoms with E-state index in [1.54, 1.807) is 6.07 Å². The molecule has 5 aromatic carbocycles. The van der Waals surface area contributed by atoms with Gasteiger partial charge < -0.3 is 8.98 Å². The Kier molecular flexibility index (Phi) is 4.87. The van der Waals surface area contributed by atoms with Crippen molar-refractivity contribution in [2.75, 3.05) is 0 Å². The van der Waals surface area contributed by atoms with Crippen LogP contribution in [0, 0.1) is 11.3 Å². The molecule has 0 N–H and O–H groups in total. The normalized spacial score (nSPS) is 11.6. The quantitative estimate of drug-likeness (QED) is 0.254. The molecule has 3 heteroatoms. The zero-order valence-electron chi connectivity index (χ0n) is 20.5. The highest BCUT2D eigenvalue weighted by atomic mass is 16.3. The van der Waals surface area contributed by atoms with E-state index >= 15 is 0 Å². The Morgan fingerprint density at radius 1 is 0.703 bits per heavy atom. The van der Waals surface area contributed by atoms with Crippen molar-refractivity contribution in [2.45, 2.75) is 19.8 Å². The minimum absolute atomic E-state index is 0.633. The summed E-state index contributed by atoms with van der Waals surface area (Å²) in [4.78, 5) is 0. The van der Waals surface area contributed by atoms with E-state index in [1.807, 2.05) is 18.2 Å². The van der Waals surface area contributed by atoms with E-state index in [1.165, 1.54) is 27.4 Å². The first kappa shape index (κ1) is 21.5. The average Bonchev–Trinajstić information content (AvgIpc) is 3.47. The number of aromatic nitrogens is 1. The Balaban J connectivity index is 1.49. The van der Waals surface area contributed by atoms with Crippen molar-refractivity contribution in [1.29, 1.82) is 5.26 Å². The second-order valence-electron chi connectivity index (χ2n) is 9.61. The van der Waals surface area contributed by atoms with Crippen LogP contribution in [0.3, 0.4) is 0 Å². The fourth-order valence-corrected chi connectivity index (χ4v) is 5.65. The van der Waals surface area contributed by atoms with Crippen LogP contribution in [0.5, 0.6) is 0 Å². The van der Waals surface area contributed by atoms with Gasteiger partial charge in [0.25, 0.3) is 0 Å². The van der Waals surface area contributed by atoms with Crippen LogP contribution in [0.4, 0.5) is 0 Å². The highest BCUT2D eigenvalue weighted by molar-refractivity contribution is 6.10. The number of rotatable bonds is 4. The highest BCUT2D eigenvalue weighted by Crippen LogP contribution is 2.38. The topological polar surface area (TPSA) is 41.9 Å². The van der Waals surface area contributed by atoms with Gasteiger partial charge in [-0.1, -0.05) is 61.9 Å². The Bertz CT molecular complexity index is 2020. The second kappa shape index (κ2) is 8.40. The van der Waals surface area contributed by atoms with Gasteiger partial charge in [-0.05, 0) is 72.1 Å². The number of furan rings is 1. The van der Waals surface area contributed by atoms with Gasteiger partial charge in [0, 0.05) is 27.1 Å². The summed E-state index contributed by atoms with van der Waals surface area (Å²) in [5, 5.41) is 14.0. The molecular formula is C34H24N2O. The van der Waals surface area contributed by atoms with Gasteiger partial charge in [0.05, 0.1) is 28.4 Å². The van der Waals surface area contributed by atoms with Crippen molar-refractivity contribution in [3.63, 3.8) is 0 Å². The van der Waals surface area contributed by atoms with Crippen LogP contribution in [-0.4, -0.2) is 4.57 Å². The first-order chi connectivity index (χ1) is 18.2. The number of nitriles is 1. The monoisotopic (exact) mass is 476 g/mol. The van der Waals surface area contributed by atoms with Crippen molar-refractivity contribution in [3.05, 3.63) is 114 Å². The molecule has 3 nitrogen and oxygen atoms in total. The van der Waals surface area contributed by atoms with Crippen molar-refractivity contribution in [1.82, 2.24) is 4.57 Å². The van der Waals surface area contributed by atoms with Gasteiger partial charge in [-0.2, -0.15) is 5.26 Å². The number of nitrogens with zero attached hydrogens (tertiary/aromatic N) is 2. The van der Waals surface area contributed by atoms with E-state index in [4.69, 9.17) is 4.42 Å². The Morgan fingerprint density at radius 3 is 2.32 bits per heavy atom. The van der Waals surface area contributed by atoms with E-state index in [2.05, 4.69) is 96.4 Å². The molecule has 0 aliphatic heterocycles. The number of fused-ring (bicyclic) bond motifs is 6. The summed E-state index contributed by atoms with van der Waals surface area (Å²) in [7, 11) is 0. The predicted octanol–water partition coefficient (Wildman–Crippen LogP) is 9.17. The number of para-hydroxylation sites is 2. The molecule has 0 aliphatic rings. The summed E-state index contributed by atoms with van der Waals surface area (Å²) in [6.07, 6.45) is 2.21. The molecule has 7 aromatic rings. The maximum absolute atomic E-state index is 9.42. The van der Waals surface area contributed by atoms with Gasteiger partial charge in [-0.15, -0.1) is 0 Å². The molecule has 0 unspecified atom stereocenters. The second-order valence-corrected chi connectivity index (χ2v) is 9.61. The van der Waals surface area contributed by atoms with Crippen LogP contribution in [0.2, 0.25) is 0 Å². The molecule has 176 valence electrons. The summed E-state index contributed by atoms with van der Waals surface area (Å²) in [6.45, 7) is 2.23. The molecule has 0 atom stereocenters. The van der Waals surface area contributed by atoms with E-state index in [0.29, 0.717) is 5.56 Å². The van der Waals surface area contributed by atoms with Crippen molar-refractivity contribution in [3.8, 4) is 22.9 Å². The molecule has 0 saturated carbocycles. The van der Waals surface area contributed by atoms with Gasteiger partial charge in [0.1, 0.15) is 11.2 Å². The average molecular weight is 477 g/mol. The lowest BCUT2D eigenvalue weighted by Crippen LogP contribution is -1.97. The largest absolute Gasteiger partial charge is 0.456 e. The van der Waals surface area contributed by atoms with E-state index < -0.39 is 0 Å².